The van der Waals surface area contributed by atoms with Crippen LogP contribution in [0.4, 0.5) is 5.82 Å². The van der Waals surface area contributed by atoms with Gasteiger partial charge in [-0.1, -0.05) is 0 Å². The third-order valence-electron chi connectivity index (χ3n) is 3.40. The zero-order valence-corrected chi connectivity index (χ0v) is 13.1. The van der Waals surface area contributed by atoms with E-state index in [4.69, 9.17) is 9.15 Å². The van der Waals surface area contributed by atoms with Crippen molar-refractivity contribution in [3.05, 3.63) is 54.5 Å². The summed E-state index contributed by atoms with van der Waals surface area (Å²) in [4.78, 5) is 8.76. The molecule has 7 nitrogen and oxygen atoms in total. The number of aromatic nitrogens is 4. The summed E-state index contributed by atoms with van der Waals surface area (Å²) in [6, 6.07) is 5.72. The van der Waals surface area contributed by atoms with E-state index in [-0.39, 0.29) is 6.04 Å². The van der Waals surface area contributed by atoms with Gasteiger partial charge >= 0.3 is 0 Å². The van der Waals surface area contributed by atoms with E-state index in [1.807, 2.05) is 31.3 Å². The van der Waals surface area contributed by atoms with Crippen LogP contribution < -0.4 is 5.32 Å². The number of ether oxygens (including phenoxy) is 1. The van der Waals surface area contributed by atoms with Crippen molar-refractivity contribution in [1.29, 1.82) is 0 Å². The van der Waals surface area contributed by atoms with Crippen LogP contribution in [0.5, 0.6) is 0 Å². The minimum atomic E-state index is -0.0363. The second-order valence-electron chi connectivity index (χ2n) is 5.14. The number of nitrogens with one attached hydrogen (secondary N) is 1. The first-order valence-corrected chi connectivity index (χ1v) is 7.40. The van der Waals surface area contributed by atoms with Gasteiger partial charge in [-0.15, -0.1) is 0 Å². The number of aryl methyl sites for hydroxylation is 1. The van der Waals surface area contributed by atoms with Gasteiger partial charge in [-0.3, -0.25) is 4.98 Å². The summed E-state index contributed by atoms with van der Waals surface area (Å²) >= 11 is 0. The molecule has 0 amide bonds. The third-order valence-corrected chi connectivity index (χ3v) is 3.40. The highest BCUT2D eigenvalue weighted by Gasteiger charge is 2.16. The summed E-state index contributed by atoms with van der Waals surface area (Å²) in [6.45, 7) is 2.54. The molecule has 3 rings (SSSR count). The number of furan rings is 1. The molecule has 0 saturated carbocycles. The zero-order chi connectivity index (χ0) is 16.1. The van der Waals surface area contributed by atoms with E-state index in [2.05, 4.69) is 20.4 Å². The molecule has 0 aliphatic heterocycles. The van der Waals surface area contributed by atoms with Crippen molar-refractivity contribution >= 4 is 5.82 Å². The summed E-state index contributed by atoms with van der Waals surface area (Å²) in [5.74, 6) is 3.04. The van der Waals surface area contributed by atoms with Crippen molar-refractivity contribution < 1.29 is 9.15 Å². The fourth-order valence-corrected chi connectivity index (χ4v) is 2.28. The predicted octanol–water partition coefficient (Wildman–Crippen LogP) is 2.75. The number of hydrogen-bond donors (Lipinski definition) is 1. The Kier molecular flexibility index (Phi) is 4.68. The first-order valence-electron chi connectivity index (χ1n) is 7.40. The van der Waals surface area contributed by atoms with Gasteiger partial charge < -0.3 is 14.5 Å². The maximum atomic E-state index is 5.73. The van der Waals surface area contributed by atoms with Crippen LogP contribution in [0.1, 0.15) is 24.0 Å². The maximum absolute atomic E-state index is 5.73. The molecule has 0 spiro atoms. The number of rotatable bonds is 7. The van der Waals surface area contributed by atoms with Gasteiger partial charge in [0.15, 0.2) is 5.82 Å². The van der Waals surface area contributed by atoms with Gasteiger partial charge in [0.1, 0.15) is 17.3 Å². The molecule has 3 aromatic rings. The number of methoxy groups -OCH3 is 1. The fraction of sp³-hybridized carbons (Fsp3) is 0.312. The molecule has 1 N–H and O–H groups in total. The monoisotopic (exact) mass is 313 g/mol. The van der Waals surface area contributed by atoms with Crippen molar-refractivity contribution in [3.8, 4) is 5.82 Å². The Morgan fingerprint density at radius 1 is 1.35 bits per heavy atom. The Labute approximate surface area is 134 Å². The van der Waals surface area contributed by atoms with Crippen LogP contribution in [0.3, 0.4) is 0 Å². The lowest BCUT2D eigenvalue weighted by atomic mass is 10.1. The smallest absolute Gasteiger partial charge is 0.173 e. The molecule has 0 radical (unpaired) electrons. The summed E-state index contributed by atoms with van der Waals surface area (Å²) in [5.41, 5.74) is 0. The van der Waals surface area contributed by atoms with Crippen LogP contribution in [-0.2, 0) is 4.74 Å². The molecule has 0 unspecified atom stereocenters. The van der Waals surface area contributed by atoms with Crippen molar-refractivity contribution in [1.82, 2.24) is 19.7 Å². The molecule has 3 aromatic heterocycles. The summed E-state index contributed by atoms with van der Waals surface area (Å²) < 4.78 is 12.6. The summed E-state index contributed by atoms with van der Waals surface area (Å²) in [6.07, 6.45) is 7.64. The molecule has 120 valence electrons. The summed E-state index contributed by atoms with van der Waals surface area (Å²) in [7, 11) is 1.68. The van der Waals surface area contributed by atoms with Crippen LogP contribution in [0.2, 0.25) is 0 Å². The van der Waals surface area contributed by atoms with Crippen LogP contribution in [-0.4, -0.2) is 33.5 Å². The second kappa shape index (κ2) is 7.06. The van der Waals surface area contributed by atoms with Gasteiger partial charge in [-0.25, -0.2) is 9.67 Å². The molecule has 1 atom stereocenters. The van der Waals surface area contributed by atoms with Gasteiger partial charge in [0.05, 0.1) is 18.4 Å². The van der Waals surface area contributed by atoms with Crippen molar-refractivity contribution in [2.45, 2.75) is 19.4 Å². The average Bonchev–Trinajstić information content (AvgIpc) is 3.23. The number of hydrogen-bond acceptors (Lipinski definition) is 6. The highest BCUT2D eigenvalue weighted by Crippen LogP contribution is 2.23. The average molecular weight is 313 g/mol. The molecule has 3 heterocycles. The van der Waals surface area contributed by atoms with Gasteiger partial charge in [0.25, 0.3) is 0 Å². The minimum absolute atomic E-state index is 0.0363. The topological polar surface area (TPSA) is 78.0 Å². The summed E-state index contributed by atoms with van der Waals surface area (Å²) in [5, 5.41) is 7.52. The Bertz CT molecular complexity index is 739. The normalized spacial score (nSPS) is 12.3. The first-order chi connectivity index (χ1) is 11.3. The van der Waals surface area contributed by atoms with E-state index in [1.54, 1.807) is 30.4 Å². The molecule has 0 bridgehead atoms. The quantitative estimate of drug-likeness (QED) is 0.722. The van der Waals surface area contributed by atoms with E-state index < -0.39 is 0 Å². The lowest BCUT2D eigenvalue weighted by Gasteiger charge is -2.17. The molecule has 0 aliphatic carbocycles. The van der Waals surface area contributed by atoms with E-state index in [0.29, 0.717) is 18.2 Å². The van der Waals surface area contributed by atoms with Crippen LogP contribution in [0.25, 0.3) is 5.82 Å². The van der Waals surface area contributed by atoms with Crippen LogP contribution >= 0.6 is 0 Å². The van der Waals surface area contributed by atoms with Crippen molar-refractivity contribution in [2.24, 2.45) is 0 Å². The van der Waals surface area contributed by atoms with Gasteiger partial charge in [-0.2, -0.15) is 5.10 Å². The molecule has 0 aromatic carbocycles. The maximum Gasteiger partial charge on any atom is 0.173 e. The predicted molar refractivity (Wildman–Crippen MR) is 85.5 cm³/mol. The van der Waals surface area contributed by atoms with Crippen LogP contribution in [0.15, 0.2) is 47.4 Å². The van der Waals surface area contributed by atoms with Gasteiger partial charge in [0.2, 0.25) is 0 Å². The molecular weight excluding hydrogens is 294 g/mol. The first kappa shape index (κ1) is 15.2. The Balaban J connectivity index is 1.80. The highest BCUT2D eigenvalue weighted by molar-refractivity contribution is 5.38. The van der Waals surface area contributed by atoms with E-state index in [0.717, 1.165) is 17.9 Å². The largest absolute Gasteiger partial charge is 0.464 e. The molecular formula is C16H19N5O2. The second-order valence-corrected chi connectivity index (χ2v) is 5.14. The van der Waals surface area contributed by atoms with Gasteiger partial charge in [0, 0.05) is 26.1 Å². The molecule has 23 heavy (non-hydrogen) atoms. The molecule has 0 fully saturated rings. The zero-order valence-electron chi connectivity index (χ0n) is 13.1. The van der Waals surface area contributed by atoms with Crippen molar-refractivity contribution in [3.63, 3.8) is 0 Å². The molecule has 0 aliphatic rings. The Morgan fingerprint density at radius 2 is 2.26 bits per heavy atom. The molecule has 7 heteroatoms. The lowest BCUT2D eigenvalue weighted by molar-refractivity contribution is 0.187. The Hall–Kier alpha value is -2.67. The van der Waals surface area contributed by atoms with E-state index >= 15 is 0 Å². The fourth-order valence-electron chi connectivity index (χ4n) is 2.28. The van der Waals surface area contributed by atoms with E-state index in [9.17, 15) is 0 Å². The number of anilines is 1. The number of nitrogens with zero attached hydrogens (tertiary/aromatic N) is 4. The van der Waals surface area contributed by atoms with Crippen molar-refractivity contribution in [2.75, 3.05) is 19.0 Å². The Morgan fingerprint density at radius 3 is 2.96 bits per heavy atom. The van der Waals surface area contributed by atoms with Gasteiger partial charge in [-0.05, 0) is 31.5 Å². The molecule has 0 saturated heterocycles. The minimum Gasteiger partial charge on any atom is -0.464 e. The SMILES string of the molecule is COCC[C@@H](Nc1cncc(-n2cccn2)n1)c1ccc(C)o1. The highest BCUT2D eigenvalue weighted by atomic mass is 16.5. The standard InChI is InChI=1S/C16H19N5O2/c1-12-4-5-14(23-12)13(6-9-22-2)19-15-10-17-11-16(20-15)21-8-3-7-18-21/h3-5,7-8,10-11,13H,6,9H2,1-2H3,(H,19,20)/t13-/m1/s1. The third kappa shape index (κ3) is 3.75. The van der Waals surface area contributed by atoms with E-state index in [1.165, 1.54) is 0 Å². The lowest BCUT2D eigenvalue weighted by Crippen LogP contribution is -2.14. The van der Waals surface area contributed by atoms with Crippen LogP contribution in [0, 0.1) is 6.92 Å².